The Hall–Kier alpha value is -2.20. The molecule has 0 bridgehead atoms. The first kappa shape index (κ1) is 19.6. The monoisotopic (exact) mass is 411 g/mol. The summed E-state index contributed by atoms with van der Waals surface area (Å²) in [6, 6.07) is 9.26. The van der Waals surface area contributed by atoms with Crippen LogP contribution >= 0.6 is 11.6 Å². The number of pyridine rings is 1. The molecule has 8 nitrogen and oxygen atoms in total. The zero-order chi connectivity index (χ0) is 19.4. The number of hydrogen-bond donors (Lipinski definition) is 1. The summed E-state index contributed by atoms with van der Waals surface area (Å²) in [5, 5.41) is 3.08. The maximum absolute atomic E-state index is 12.7. The number of aromatic nitrogens is 1. The molecule has 2 aromatic rings. The largest absolute Gasteiger partial charge is 0.379 e. The number of anilines is 1. The molecule has 1 saturated heterocycles. The van der Waals surface area contributed by atoms with Crippen LogP contribution in [-0.2, 0) is 26.1 Å². The summed E-state index contributed by atoms with van der Waals surface area (Å²) < 4.78 is 32.9. The Morgan fingerprint density at radius 1 is 1.19 bits per heavy atom. The lowest BCUT2D eigenvalue weighted by Gasteiger charge is -2.25. The number of nitrogens with one attached hydrogen (secondary N) is 1. The molecule has 1 aromatic heterocycles. The van der Waals surface area contributed by atoms with E-state index >= 15 is 0 Å². The number of carbonyl (C=O) groups excluding carboxylic acids is 1. The van der Waals surface area contributed by atoms with Gasteiger partial charge in [0.15, 0.2) is 0 Å². The third-order valence-electron chi connectivity index (χ3n) is 4.00. The number of halogens is 1. The molecule has 0 radical (unpaired) electrons. The molecule has 10 heteroatoms. The Bertz CT molecular complexity index is 1000. The molecule has 0 unspecified atom stereocenters. The molecule has 2 heterocycles. The summed E-state index contributed by atoms with van der Waals surface area (Å²) in [7, 11) is -3.94. The molecular formula is C17H18ClN3O5S. The molecule has 3 rings (SSSR count). The van der Waals surface area contributed by atoms with Crippen molar-refractivity contribution in [1.82, 2.24) is 8.87 Å². The van der Waals surface area contributed by atoms with Crippen LogP contribution in [0.3, 0.4) is 0 Å². The lowest BCUT2D eigenvalue weighted by molar-refractivity contribution is -0.116. The SMILES string of the molecule is O=C(Cn1cccc(S(=O)(=O)N2CCOCC2)c1=O)Nc1cccc(Cl)c1. The van der Waals surface area contributed by atoms with Gasteiger partial charge in [-0.15, -0.1) is 0 Å². The van der Waals surface area contributed by atoms with Gasteiger partial charge in [0.05, 0.1) is 13.2 Å². The molecule has 0 spiro atoms. The smallest absolute Gasteiger partial charge is 0.271 e. The van der Waals surface area contributed by atoms with Gasteiger partial charge >= 0.3 is 0 Å². The first-order valence-corrected chi connectivity index (χ1v) is 10.0. The van der Waals surface area contributed by atoms with E-state index in [0.717, 1.165) is 4.57 Å². The third-order valence-corrected chi connectivity index (χ3v) is 6.14. The van der Waals surface area contributed by atoms with Gasteiger partial charge in [-0.2, -0.15) is 4.31 Å². The van der Waals surface area contributed by atoms with Crippen molar-refractivity contribution >= 4 is 33.2 Å². The number of sulfonamides is 1. The topological polar surface area (TPSA) is 97.7 Å². The van der Waals surface area contributed by atoms with Crippen molar-refractivity contribution in [3.63, 3.8) is 0 Å². The molecular weight excluding hydrogens is 394 g/mol. The maximum Gasteiger partial charge on any atom is 0.271 e. The summed E-state index contributed by atoms with van der Waals surface area (Å²) in [6.45, 7) is 0.611. The number of carbonyl (C=O) groups is 1. The summed E-state index contributed by atoms with van der Waals surface area (Å²) in [5.74, 6) is -0.472. The fourth-order valence-electron chi connectivity index (χ4n) is 2.68. The molecule has 0 saturated carbocycles. The summed E-state index contributed by atoms with van der Waals surface area (Å²) >= 11 is 5.87. The Balaban J connectivity index is 1.80. The van der Waals surface area contributed by atoms with Crippen LogP contribution in [0.2, 0.25) is 5.02 Å². The van der Waals surface area contributed by atoms with Crippen molar-refractivity contribution in [3.05, 3.63) is 58.0 Å². The second-order valence-corrected chi connectivity index (χ2v) is 8.22. The van der Waals surface area contributed by atoms with E-state index in [2.05, 4.69) is 5.32 Å². The average molecular weight is 412 g/mol. The van der Waals surface area contributed by atoms with E-state index in [0.29, 0.717) is 10.7 Å². The van der Waals surface area contributed by atoms with Gasteiger partial charge in [0, 0.05) is 30.0 Å². The minimum absolute atomic E-state index is 0.186. The Kier molecular flexibility index (Phi) is 5.95. The second kappa shape index (κ2) is 8.22. The zero-order valence-electron chi connectivity index (χ0n) is 14.3. The number of hydrogen-bond acceptors (Lipinski definition) is 5. The van der Waals surface area contributed by atoms with Crippen molar-refractivity contribution in [3.8, 4) is 0 Å². The molecule has 1 aliphatic rings. The molecule has 0 atom stereocenters. The number of benzene rings is 1. The van der Waals surface area contributed by atoms with Crippen LogP contribution in [0.1, 0.15) is 0 Å². The highest BCUT2D eigenvalue weighted by molar-refractivity contribution is 7.89. The van der Waals surface area contributed by atoms with E-state index in [1.165, 1.54) is 22.6 Å². The van der Waals surface area contributed by atoms with Crippen LogP contribution in [0.25, 0.3) is 0 Å². The molecule has 1 aliphatic heterocycles. The van der Waals surface area contributed by atoms with Crippen LogP contribution < -0.4 is 10.9 Å². The number of rotatable bonds is 5. The lowest BCUT2D eigenvalue weighted by Crippen LogP contribution is -2.43. The fourth-order valence-corrected chi connectivity index (χ4v) is 4.37. The van der Waals surface area contributed by atoms with Crippen LogP contribution in [0.15, 0.2) is 52.3 Å². The number of ether oxygens (including phenoxy) is 1. The average Bonchev–Trinajstić information content (AvgIpc) is 2.64. The number of nitrogens with zero attached hydrogens (tertiary/aromatic N) is 2. The lowest BCUT2D eigenvalue weighted by atomic mass is 10.3. The van der Waals surface area contributed by atoms with E-state index < -0.39 is 21.5 Å². The zero-order valence-corrected chi connectivity index (χ0v) is 15.9. The molecule has 144 valence electrons. The maximum atomic E-state index is 12.7. The third kappa shape index (κ3) is 4.56. The van der Waals surface area contributed by atoms with E-state index in [1.807, 2.05) is 0 Å². The molecule has 1 fully saturated rings. The van der Waals surface area contributed by atoms with Gasteiger partial charge in [-0.05, 0) is 30.3 Å². The highest BCUT2D eigenvalue weighted by Crippen LogP contribution is 2.15. The van der Waals surface area contributed by atoms with Gasteiger partial charge in [-0.3, -0.25) is 9.59 Å². The van der Waals surface area contributed by atoms with Crippen molar-refractivity contribution in [2.75, 3.05) is 31.6 Å². The van der Waals surface area contributed by atoms with E-state index in [1.54, 1.807) is 24.3 Å². The van der Waals surface area contributed by atoms with Crippen LogP contribution in [0.5, 0.6) is 0 Å². The standard InChI is InChI=1S/C17H18ClN3O5S/c18-13-3-1-4-14(11-13)19-16(22)12-20-6-2-5-15(17(20)23)27(24,25)21-7-9-26-10-8-21/h1-6,11H,7-10,12H2,(H,19,22). The Morgan fingerprint density at radius 2 is 1.93 bits per heavy atom. The first-order chi connectivity index (χ1) is 12.9. The predicted molar refractivity (Wildman–Crippen MR) is 100 cm³/mol. The molecule has 1 N–H and O–H groups in total. The normalized spacial score (nSPS) is 15.4. The van der Waals surface area contributed by atoms with Crippen molar-refractivity contribution < 1.29 is 17.9 Å². The highest BCUT2D eigenvalue weighted by atomic mass is 35.5. The quantitative estimate of drug-likeness (QED) is 0.796. The van der Waals surface area contributed by atoms with E-state index in [-0.39, 0.29) is 37.7 Å². The van der Waals surface area contributed by atoms with Gasteiger partial charge in [0.2, 0.25) is 15.9 Å². The Morgan fingerprint density at radius 3 is 2.63 bits per heavy atom. The predicted octanol–water partition coefficient (Wildman–Crippen LogP) is 1.16. The Labute approximate surface area is 161 Å². The van der Waals surface area contributed by atoms with Crippen molar-refractivity contribution in [1.29, 1.82) is 0 Å². The minimum atomic E-state index is -3.94. The number of morpholine rings is 1. The molecule has 0 aliphatic carbocycles. The highest BCUT2D eigenvalue weighted by Gasteiger charge is 2.29. The summed E-state index contributed by atoms with van der Waals surface area (Å²) in [6.07, 6.45) is 1.37. The van der Waals surface area contributed by atoms with Gasteiger partial charge in [-0.25, -0.2) is 8.42 Å². The van der Waals surface area contributed by atoms with Gasteiger partial charge in [0.25, 0.3) is 5.56 Å². The van der Waals surface area contributed by atoms with Gasteiger partial charge in [0.1, 0.15) is 11.4 Å². The first-order valence-electron chi connectivity index (χ1n) is 8.21. The van der Waals surface area contributed by atoms with Gasteiger partial charge < -0.3 is 14.6 Å². The summed E-state index contributed by atoms with van der Waals surface area (Å²) in [4.78, 5) is 24.5. The van der Waals surface area contributed by atoms with E-state index in [9.17, 15) is 18.0 Å². The number of amides is 1. The second-order valence-electron chi connectivity index (χ2n) is 5.88. The summed E-state index contributed by atoms with van der Waals surface area (Å²) in [5.41, 5.74) is -0.261. The van der Waals surface area contributed by atoms with Crippen LogP contribution in [0.4, 0.5) is 5.69 Å². The minimum Gasteiger partial charge on any atom is -0.379 e. The molecule has 1 amide bonds. The van der Waals surface area contributed by atoms with Crippen LogP contribution in [0, 0.1) is 0 Å². The molecule has 27 heavy (non-hydrogen) atoms. The van der Waals surface area contributed by atoms with Crippen molar-refractivity contribution in [2.24, 2.45) is 0 Å². The van der Waals surface area contributed by atoms with Crippen molar-refractivity contribution in [2.45, 2.75) is 11.4 Å². The fraction of sp³-hybridized carbons (Fsp3) is 0.294. The molecule has 1 aromatic carbocycles. The van der Waals surface area contributed by atoms with Gasteiger partial charge in [-0.1, -0.05) is 17.7 Å². The van der Waals surface area contributed by atoms with E-state index in [4.69, 9.17) is 16.3 Å². The van der Waals surface area contributed by atoms with Crippen LogP contribution in [-0.4, -0.2) is 49.5 Å².